The fourth-order valence-corrected chi connectivity index (χ4v) is 3.09. The molecule has 0 spiro atoms. The molecule has 0 amide bonds. The normalized spacial score (nSPS) is 12.2. The second-order valence-corrected chi connectivity index (χ2v) is 7.39. The summed E-state index contributed by atoms with van der Waals surface area (Å²) in [6, 6.07) is 16.7. The number of hydrogen-bond acceptors (Lipinski definition) is 1. The predicted molar refractivity (Wildman–Crippen MR) is 110 cm³/mol. The van der Waals surface area contributed by atoms with Crippen LogP contribution in [0, 0.1) is 11.8 Å². The van der Waals surface area contributed by atoms with E-state index in [1.807, 2.05) is 18.2 Å². The fraction of sp³-hybridized carbons (Fsp3) is 0.417. The van der Waals surface area contributed by atoms with Crippen molar-refractivity contribution < 1.29 is 4.74 Å². The van der Waals surface area contributed by atoms with E-state index in [1.165, 1.54) is 30.4 Å². The van der Waals surface area contributed by atoms with E-state index in [2.05, 4.69) is 63.7 Å². The summed E-state index contributed by atoms with van der Waals surface area (Å²) in [7, 11) is 0. The fourth-order valence-electron chi connectivity index (χ4n) is 3.09. The molecule has 0 bridgehead atoms. The van der Waals surface area contributed by atoms with Crippen LogP contribution < -0.4 is 4.74 Å². The second-order valence-electron chi connectivity index (χ2n) is 7.39. The van der Waals surface area contributed by atoms with Gasteiger partial charge in [0.25, 0.3) is 0 Å². The van der Waals surface area contributed by atoms with Crippen LogP contribution in [0.15, 0.2) is 55.1 Å². The zero-order valence-electron chi connectivity index (χ0n) is 16.0. The topological polar surface area (TPSA) is 9.23 Å². The Morgan fingerprint density at radius 2 is 1.76 bits per heavy atom. The van der Waals surface area contributed by atoms with Crippen molar-refractivity contribution in [3.05, 3.63) is 60.7 Å². The average molecular weight is 337 g/mol. The van der Waals surface area contributed by atoms with E-state index in [-0.39, 0.29) is 0 Å². The largest absolute Gasteiger partial charge is 0.494 e. The molecule has 0 aliphatic rings. The van der Waals surface area contributed by atoms with Gasteiger partial charge in [-0.3, -0.25) is 0 Å². The molecule has 0 heterocycles. The summed E-state index contributed by atoms with van der Waals surface area (Å²) in [6.45, 7) is 11.6. The van der Waals surface area contributed by atoms with Crippen molar-refractivity contribution in [3.8, 4) is 16.9 Å². The number of rotatable bonds is 10. The molecule has 0 saturated carbocycles. The zero-order valence-corrected chi connectivity index (χ0v) is 16.0. The van der Waals surface area contributed by atoms with Crippen LogP contribution in [0.5, 0.6) is 5.75 Å². The highest BCUT2D eigenvalue weighted by atomic mass is 16.5. The first-order valence-corrected chi connectivity index (χ1v) is 9.55. The molecule has 1 heteroatoms. The Labute approximate surface area is 153 Å². The Hall–Kier alpha value is -2.02. The van der Waals surface area contributed by atoms with E-state index < -0.39 is 0 Å². The predicted octanol–water partition coefficient (Wildman–Crippen LogP) is 7.23. The first-order chi connectivity index (χ1) is 12.1. The van der Waals surface area contributed by atoms with Gasteiger partial charge in [-0.25, -0.2) is 0 Å². The van der Waals surface area contributed by atoms with E-state index in [0.717, 1.165) is 36.2 Å². The van der Waals surface area contributed by atoms with Crippen LogP contribution in [-0.4, -0.2) is 6.61 Å². The van der Waals surface area contributed by atoms with Crippen LogP contribution in [0.1, 0.15) is 52.0 Å². The van der Waals surface area contributed by atoms with Crippen LogP contribution in [-0.2, 0) is 0 Å². The van der Waals surface area contributed by atoms with Crippen molar-refractivity contribution in [1.82, 2.24) is 0 Å². The zero-order chi connectivity index (χ0) is 18.1. The minimum Gasteiger partial charge on any atom is -0.494 e. The van der Waals surface area contributed by atoms with Gasteiger partial charge in [0.2, 0.25) is 0 Å². The lowest BCUT2D eigenvalue weighted by atomic mass is 9.97. The summed E-state index contributed by atoms with van der Waals surface area (Å²) < 4.78 is 6.01. The average Bonchev–Trinajstić information content (AvgIpc) is 2.61. The Kier molecular flexibility index (Phi) is 7.78. The molecule has 0 N–H and O–H groups in total. The molecule has 2 aromatic carbocycles. The van der Waals surface area contributed by atoms with Gasteiger partial charge in [-0.05, 0) is 47.1 Å². The minimum absolute atomic E-state index is 0.725. The third-order valence-corrected chi connectivity index (χ3v) is 4.68. The van der Waals surface area contributed by atoms with Gasteiger partial charge in [0.1, 0.15) is 5.75 Å². The van der Waals surface area contributed by atoms with Crippen molar-refractivity contribution in [2.75, 3.05) is 6.61 Å². The maximum absolute atomic E-state index is 6.01. The van der Waals surface area contributed by atoms with Gasteiger partial charge < -0.3 is 4.74 Å². The minimum atomic E-state index is 0.725. The summed E-state index contributed by atoms with van der Waals surface area (Å²) in [5.41, 5.74) is 3.53. The highest BCUT2D eigenvalue weighted by Gasteiger charge is 2.06. The maximum atomic E-state index is 6.01. The lowest BCUT2D eigenvalue weighted by Crippen LogP contribution is -2.05. The van der Waals surface area contributed by atoms with E-state index >= 15 is 0 Å². The van der Waals surface area contributed by atoms with Crippen molar-refractivity contribution in [1.29, 1.82) is 0 Å². The molecule has 0 aromatic heterocycles. The summed E-state index contributed by atoms with van der Waals surface area (Å²) in [5, 5.41) is 0. The van der Waals surface area contributed by atoms with E-state index in [4.69, 9.17) is 4.74 Å². The lowest BCUT2D eigenvalue weighted by Gasteiger charge is -2.14. The second kappa shape index (κ2) is 10.1. The molecule has 0 fully saturated rings. The Morgan fingerprint density at radius 1 is 0.960 bits per heavy atom. The van der Waals surface area contributed by atoms with Gasteiger partial charge in [-0.1, -0.05) is 89.1 Å². The molecule has 1 atom stereocenters. The van der Waals surface area contributed by atoms with E-state index in [1.54, 1.807) is 0 Å². The summed E-state index contributed by atoms with van der Waals surface area (Å²) in [4.78, 5) is 0. The molecule has 0 aliphatic carbocycles. The molecule has 0 saturated heterocycles. The number of hydrogen-bond donors (Lipinski definition) is 0. The van der Waals surface area contributed by atoms with Crippen molar-refractivity contribution in [2.45, 2.75) is 46.5 Å². The highest BCUT2D eigenvalue weighted by molar-refractivity contribution is 5.75. The quantitative estimate of drug-likeness (QED) is 0.445. The van der Waals surface area contributed by atoms with Crippen LogP contribution in [0.3, 0.4) is 0 Å². The smallest absolute Gasteiger partial charge is 0.119 e. The summed E-state index contributed by atoms with van der Waals surface area (Å²) >= 11 is 0. The van der Waals surface area contributed by atoms with Gasteiger partial charge in [-0.2, -0.15) is 0 Å². The molecule has 1 unspecified atom stereocenters. The molecule has 0 aliphatic heterocycles. The Bertz CT molecular complexity index is 657. The number of ether oxygens (including phenoxy) is 1. The highest BCUT2D eigenvalue weighted by Crippen LogP contribution is 2.28. The van der Waals surface area contributed by atoms with Crippen molar-refractivity contribution in [2.24, 2.45) is 11.8 Å². The Morgan fingerprint density at radius 3 is 2.52 bits per heavy atom. The molecule has 1 nitrogen and oxygen atoms in total. The molecule has 2 rings (SSSR count). The van der Waals surface area contributed by atoms with Gasteiger partial charge in [0.15, 0.2) is 0 Å². The lowest BCUT2D eigenvalue weighted by molar-refractivity contribution is 0.276. The molecule has 25 heavy (non-hydrogen) atoms. The van der Waals surface area contributed by atoms with E-state index in [0.29, 0.717) is 0 Å². The van der Waals surface area contributed by atoms with Crippen LogP contribution in [0.2, 0.25) is 0 Å². The first-order valence-electron chi connectivity index (χ1n) is 9.55. The summed E-state index contributed by atoms with van der Waals surface area (Å²) in [6.07, 6.45) is 6.98. The summed E-state index contributed by atoms with van der Waals surface area (Å²) in [5.74, 6) is 2.49. The third kappa shape index (κ3) is 6.42. The maximum Gasteiger partial charge on any atom is 0.119 e. The molecule has 134 valence electrons. The Balaban J connectivity index is 1.88. The standard InChI is InChI=1S/C24H32O/c1-5-21-12-6-7-15-24(21)22-13-9-14-23(18-22)25-17-16-20(4)11-8-10-19(2)3/h5-7,9,12-15,18-20H,1,8,10-11,16-17H2,2-4H3. The monoisotopic (exact) mass is 336 g/mol. The van der Waals surface area contributed by atoms with E-state index in [9.17, 15) is 0 Å². The van der Waals surface area contributed by atoms with Gasteiger partial charge in [0, 0.05) is 0 Å². The van der Waals surface area contributed by atoms with Crippen LogP contribution in [0.25, 0.3) is 17.2 Å². The van der Waals surface area contributed by atoms with Gasteiger partial charge in [0.05, 0.1) is 6.61 Å². The van der Waals surface area contributed by atoms with Crippen LogP contribution in [0.4, 0.5) is 0 Å². The van der Waals surface area contributed by atoms with Gasteiger partial charge >= 0.3 is 0 Å². The van der Waals surface area contributed by atoms with Crippen molar-refractivity contribution >= 4 is 6.08 Å². The first kappa shape index (κ1) is 19.3. The van der Waals surface area contributed by atoms with Crippen molar-refractivity contribution in [3.63, 3.8) is 0 Å². The molecular formula is C24H32O. The molecular weight excluding hydrogens is 304 g/mol. The third-order valence-electron chi connectivity index (χ3n) is 4.68. The van der Waals surface area contributed by atoms with Crippen LogP contribution >= 0.6 is 0 Å². The number of benzene rings is 2. The molecule has 2 aromatic rings. The SMILES string of the molecule is C=Cc1ccccc1-c1cccc(OCCC(C)CCCC(C)C)c1. The molecule has 0 radical (unpaired) electrons. The van der Waals surface area contributed by atoms with Gasteiger partial charge in [-0.15, -0.1) is 0 Å².